The predicted octanol–water partition coefficient (Wildman–Crippen LogP) is 2.42. The molecule has 2 atom stereocenters. The van der Waals surface area contributed by atoms with Crippen LogP contribution in [0.15, 0.2) is 47.5 Å². The van der Waals surface area contributed by atoms with Crippen LogP contribution in [-0.4, -0.2) is 43.6 Å². The molecule has 28 heavy (non-hydrogen) atoms. The van der Waals surface area contributed by atoms with Gasteiger partial charge in [0.05, 0.1) is 11.4 Å². The maximum absolute atomic E-state index is 13.3. The number of hydrogen-bond acceptors (Lipinski definition) is 3. The average Bonchev–Trinajstić information content (AvgIpc) is 2.90. The summed E-state index contributed by atoms with van der Waals surface area (Å²) in [7, 11) is 0. The first kappa shape index (κ1) is 18.8. The lowest BCUT2D eigenvalue weighted by Gasteiger charge is -2.34. The molecule has 0 spiro atoms. The Hall–Kier alpha value is -2.50. The van der Waals surface area contributed by atoms with E-state index in [2.05, 4.69) is 33.8 Å². The number of anilines is 1. The van der Waals surface area contributed by atoms with Crippen LogP contribution >= 0.6 is 0 Å². The molecule has 2 aliphatic heterocycles. The number of carbonyl (C=O) groups is 1. The smallest absolute Gasteiger partial charge is 0.281 e. The molecule has 0 aliphatic carbocycles. The van der Waals surface area contributed by atoms with Gasteiger partial charge in [0.1, 0.15) is 31.0 Å². The van der Waals surface area contributed by atoms with Crippen molar-refractivity contribution in [2.45, 2.75) is 39.9 Å². The number of hydrogen-bond donors (Lipinski definition) is 1. The van der Waals surface area contributed by atoms with Crippen LogP contribution in [0.5, 0.6) is 0 Å². The minimum Gasteiger partial charge on any atom is -0.364 e. The summed E-state index contributed by atoms with van der Waals surface area (Å²) in [6.07, 6.45) is 0.408. The summed E-state index contributed by atoms with van der Waals surface area (Å²) < 4.78 is 5.85. The van der Waals surface area contributed by atoms with Gasteiger partial charge in [-0.3, -0.25) is 9.69 Å². The molecule has 2 aromatic carbocycles. The van der Waals surface area contributed by atoms with Crippen LogP contribution in [0.25, 0.3) is 0 Å². The number of aryl methyl sites for hydroxylation is 2. The molecule has 1 N–H and O–H groups in total. The molecule has 5 heteroatoms. The summed E-state index contributed by atoms with van der Waals surface area (Å²) in [6.45, 7) is 10.8. The molecule has 1 saturated heterocycles. The van der Waals surface area contributed by atoms with Crippen LogP contribution in [-0.2, 0) is 9.53 Å². The third-order valence-electron chi connectivity index (χ3n) is 5.63. The van der Waals surface area contributed by atoms with Gasteiger partial charge in [0, 0.05) is 5.56 Å². The van der Waals surface area contributed by atoms with Crippen LogP contribution in [0.3, 0.4) is 0 Å². The highest BCUT2D eigenvalue weighted by Gasteiger charge is 2.37. The number of carbonyl (C=O) groups excluding carboxylic acids is 1. The van der Waals surface area contributed by atoms with Gasteiger partial charge in [-0.05, 0) is 57.0 Å². The molecule has 5 nitrogen and oxygen atoms in total. The van der Waals surface area contributed by atoms with Crippen LogP contribution in [0.2, 0.25) is 0 Å². The van der Waals surface area contributed by atoms with Crippen LogP contribution in [0.1, 0.15) is 30.5 Å². The van der Waals surface area contributed by atoms with Crippen molar-refractivity contribution in [2.24, 2.45) is 4.99 Å². The van der Waals surface area contributed by atoms with Gasteiger partial charge in [0.2, 0.25) is 0 Å². The number of fused-ring (bicyclic) bond motifs is 1. The first-order valence-corrected chi connectivity index (χ1v) is 9.98. The summed E-state index contributed by atoms with van der Waals surface area (Å²) in [6, 6.07) is 14.0. The van der Waals surface area contributed by atoms with Gasteiger partial charge in [-0.1, -0.05) is 24.3 Å². The van der Waals surface area contributed by atoms with Crippen molar-refractivity contribution < 1.29 is 14.4 Å². The highest BCUT2D eigenvalue weighted by molar-refractivity contribution is 6.54. The average molecular weight is 378 g/mol. The van der Waals surface area contributed by atoms with Crippen molar-refractivity contribution >= 4 is 23.0 Å². The lowest BCUT2D eigenvalue weighted by molar-refractivity contribution is -0.913. The molecule has 2 aromatic rings. The Labute approximate surface area is 166 Å². The Morgan fingerprint density at radius 1 is 1.07 bits per heavy atom. The van der Waals surface area contributed by atoms with E-state index in [1.54, 1.807) is 0 Å². The first-order chi connectivity index (χ1) is 13.4. The van der Waals surface area contributed by atoms with E-state index in [9.17, 15) is 4.79 Å². The number of amides is 1. The van der Waals surface area contributed by atoms with Crippen molar-refractivity contribution in [1.82, 2.24) is 0 Å². The largest absolute Gasteiger partial charge is 0.364 e. The van der Waals surface area contributed by atoms with Gasteiger partial charge in [-0.25, -0.2) is 4.99 Å². The Bertz CT molecular complexity index is 927. The second kappa shape index (κ2) is 7.49. The molecule has 0 aromatic heterocycles. The number of ether oxygens (including phenoxy) is 1. The van der Waals surface area contributed by atoms with Crippen LogP contribution in [0.4, 0.5) is 11.4 Å². The second-order valence-corrected chi connectivity index (χ2v) is 8.05. The first-order valence-electron chi connectivity index (χ1n) is 9.98. The molecule has 0 radical (unpaired) electrons. The van der Waals surface area contributed by atoms with Gasteiger partial charge >= 0.3 is 0 Å². The van der Waals surface area contributed by atoms with Crippen molar-refractivity contribution in [3.63, 3.8) is 0 Å². The number of nitrogens with zero attached hydrogens (tertiary/aromatic N) is 2. The SMILES string of the molecule is Cc1ccc(N=C2C(=O)N(C[NH+]3C[C@@H](C)O[C@H](C)C3)c3ccccc32)cc1C. The number of rotatable bonds is 3. The number of quaternary nitrogens is 1. The molecule has 2 aliphatic rings. The quantitative estimate of drug-likeness (QED) is 0.892. The minimum atomic E-state index is -0.0151. The normalized spacial score (nSPS) is 26.0. The zero-order valence-corrected chi connectivity index (χ0v) is 17.0. The fraction of sp³-hybridized carbons (Fsp3) is 0.391. The maximum Gasteiger partial charge on any atom is 0.281 e. The maximum atomic E-state index is 13.3. The summed E-state index contributed by atoms with van der Waals surface area (Å²) in [5, 5.41) is 0. The minimum absolute atomic E-state index is 0.0151. The van der Waals surface area contributed by atoms with Crippen molar-refractivity contribution in [1.29, 1.82) is 0 Å². The molecular weight excluding hydrogens is 350 g/mol. The Balaban J connectivity index is 1.66. The Kier molecular flexibility index (Phi) is 5.04. The number of aliphatic imine (C=N–C) groups is 1. The number of para-hydroxylation sites is 1. The fourth-order valence-electron chi connectivity index (χ4n) is 4.19. The molecular formula is C23H28N3O2+. The van der Waals surface area contributed by atoms with Gasteiger partial charge in [-0.2, -0.15) is 0 Å². The fourth-order valence-corrected chi connectivity index (χ4v) is 4.19. The summed E-state index contributed by atoms with van der Waals surface area (Å²) in [5.74, 6) is -0.0151. The lowest BCUT2D eigenvalue weighted by Crippen LogP contribution is -3.17. The highest BCUT2D eigenvalue weighted by atomic mass is 16.5. The zero-order valence-electron chi connectivity index (χ0n) is 17.0. The van der Waals surface area contributed by atoms with E-state index < -0.39 is 0 Å². The molecule has 2 heterocycles. The number of morpholine rings is 1. The molecule has 1 fully saturated rings. The van der Waals surface area contributed by atoms with Crippen LogP contribution in [0, 0.1) is 13.8 Å². The van der Waals surface area contributed by atoms with Gasteiger partial charge < -0.3 is 9.64 Å². The van der Waals surface area contributed by atoms with Crippen molar-refractivity contribution in [2.75, 3.05) is 24.7 Å². The van der Waals surface area contributed by atoms with E-state index in [1.807, 2.05) is 41.3 Å². The highest BCUT2D eigenvalue weighted by Crippen LogP contribution is 2.30. The standard InChI is InChI=1S/C23H27N3O2/c1-15-9-10-19(11-16(15)2)24-22-20-7-5-6-8-21(20)26(23(22)27)14-25-12-17(3)28-18(4)13-25/h5-11,17-18H,12-14H2,1-4H3/p+1/t17-,18-/m1/s1. The van der Waals surface area contributed by atoms with E-state index in [0.29, 0.717) is 12.4 Å². The second-order valence-electron chi connectivity index (χ2n) is 8.05. The van der Waals surface area contributed by atoms with E-state index in [0.717, 1.165) is 30.0 Å². The molecule has 1 amide bonds. The summed E-state index contributed by atoms with van der Waals surface area (Å²) in [4.78, 5) is 21.3. The molecule has 146 valence electrons. The summed E-state index contributed by atoms with van der Waals surface area (Å²) >= 11 is 0. The van der Waals surface area contributed by atoms with E-state index in [-0.39, 0.29) is 18.1 Å². The zero-order chi connectivity index (χ0) is 19.8. The van der Waals surface area contributed by atoms with Crippen molar-refractivity contribution in [3.05, 3.63) is 59.2 Å². The van der Waals surface area contributed by atoms with Gasteiger partial charge in [0.15, 0.2) is 6.67 Å². The Morgan fingerprint density at radius 2 is 1.79 bits per heavy atom. The number of nitrogens with one attached hydrogen (secondary N) is 1. The molecule has 0 saturated carbocycles. The molecule has 0 bridgehead atoms. The molecule has 4 rings (SSSR count). The van der Waals surface area contributed by atoms with E-state index in [4.69, 9.17) is 9.73 Å². The topological polar surface area (TPSA) is 46.3 Å². The summed E-state index contributed by atoms with van der Waals surface area (Å²) in [5.41, 5.74) is 5.63. The molecule has 0 unspecified atom stereocenters. The van der Waals surface area contributed by atoms with Crippen molar-refractivity contribution in [3.8, 4) is 0 Å². The number of benzene rings is 2. The van der Waals surface area contributed by atoms with Crippen LogP contribution < -0.4 is 9.80 Å². The van der Waals surface area contributed by atoms with Gasteiger partial charge in [-0.15, -0.1) is 0 Å². The predicted molar refractivity (Wildman–Crippen MR) is 112 cm³/mol. The third-order valence-corrected chi connectivity index (χ3v) is 5.63. The third kappa shape index (κ3) is 3.60. The van der Waals surface area contributed by atoms with E-state index in [1.165, 1.54) is 16.0 Å². The Morgan fingerprint density at radius 3 is 2.50 bits per heavy atom. The lowest BCUT2D eigenvalue weighted by atomic mass is 10.1. The monoisotopic (exact) mass is 378 g/mol. The van der Waals surface area contributed by atoms with E-state index >= 15 is 0 Å². The van der Waals surface area contributed by atoms with Gasteiger partial charge in [0.25, 0.3) is 5.91 Å².